The predicted octanol–water partition coefficient (Wildman–Crippen LogP) is 1.97. The highest BCUT2D eigenvalue weighted by Gasteiger charge is 2.23. The summed E-state index contributed by atoms with van der Waals surface area (Å²) in [5.41, 5.74) is 0.867. The van der Waals surface area contributed by atoms with Gasteiger partial charge in [0.15, 0.2) is 0 Å². The van der Waals surface area contributed by atoms with E-state index >= 15 is 0 Å². The van der Waals surface area contributed by atoms with Crippen LogP contribution < -0.4 is 5.32 Å². The minimum absolute atomic E-state index is 0.0965. The molecular formula is C13H15ClN4O. The third-order valence-electron chi connectivity index (χ3n) is 3.20. The highest BCUT2D eigenvalue weighted by atomic mass is 35.5. The van der Waals surface area contributed by atoms with Crippen LogP contribution in [0.1, 0.15) is 11.9 Å². The van der Waals surface area contributed by atoms with Gasteiger partial charge in [-0.1, -0.05) is 28.9 Å². The first-order valence-corrected chi connectivity index (χ1v) is 6.61. The summed E-state index contributed by atoms with van der Waals surface area (Å²) in [4.78, 5) is 6.69. The second kappa shape index (κ2) is 5.28. The molecule has 100 valence electrons. The molecular weight excluding hydrogens is 264 g/mol. The summed E-state index contributed by atoms with van der Waals surface area (Å²) in [6.07, 6.45) is 0. The Morgan fingerprint density at radius 2 is 2.37 bits per heavy atom. The third-order valence-corrected chi connectivity index (χ3v) is 3.44. The summed E-state index contributed by atoms with van der Waals surface area (Å²) in [5, 5.41) is 8.07. The average Bonchev–Trinajstić information content (AvgIpc) is 2.88. The molecule has 0 radical (unpaired) electrons. The SMILES string of the molecule is CN1CCNC(c2nc(-c3cccc(Cl)c3)no2)C1. The largest absolute Gasteiger partial charge is 0.337 e. The highest BCUT2D eigenvalue weighted by molar-refractivity contribution is 6.30. The molecule has 1 aromatic carbocycles. The summed E-state index contributed by atoms with van der Waals surface area (Å²) in [7, 11) is 2.09. The lowest BCUT2D eigenvalue weighted by Gasteiger charge is -2.28. The molecule has 6 heteroatoms. The Bertz CT molecular complexity index is 571. The molecule has 2 heterocycles. The van der Waals surface area contributed by atoms with E-state index in [-0.39, 0.29) is 6.04 Å². The number of halogens is 1. The molecule has 1 unspecified atom stereocenters. The molecule has 1 N–H and O–H groups in total. The van der Waals surface area contributed by atoms with E-state index in [4.69, 9.17) is 16.1 Å². The number of hydrogen-bond donors (Lipinski definition) is 1. The number of benzene rings is 1. The van der Waals surface area contributed by atoms with Gasteiger partial charge in [-0.2, -0.15) is 4.98 Å². The fraction of sp³-hybridized carbons (Fsp3) is 0.385. The Balaban J connectivity index is 1.83. The molecule has 0 bridgehead atoms. The number of hydrogen-bond acceptors (Lipinski definition) is 5. The highest BCUT2D eigenvalue weighted by Crippen LogP contribution is 2.22. The van der Waals surface area contributed by atoms with Crippen LogP contribution in [0, 0.1) is 0 Å². The van der Waals surface area contributed by atoms with E-state index in [1.54, 1.807) is 0 Å². The molecule has 1 saturated heterocycles. The summed E-state index contributed by atoms with van der Waals surface area (Å²) < 4.78 is 5.35. The van der Waals surface area contributed by atoms with Crippen LogP contribution in [-0.4, -0.2) is 41.7 Å². The second-order valence-corrected chi connectivity index (χ2v) is 5.17. The maximum absolute atomic E-state index is 5.96. The van der Waals surface area contributed by atoms with Gasteiger partial charge in [0.2, 0.25) is 11.7 Å². The quantitative estimate of drug-likeness (QED) is 0.910. The van der Waals surface area contributed by atoms with Gasteiger partial charge in [0, 0.05) is 30.2 Å². The standard InChI is InChI=1S/C13H15ClN4O/c1-18-6-5-15-11(8-18)13-16-12(17-19-13)9-3-2-4-10(14)7-9/h2-4,7,11,15H,5-6,8H2,1H3. The molecule has 0 saturated carbocycles. The molecule has 0 amide bonds. The van der Waals surface area contributed by atoms with Crippen molar-refractivity contribution in [2.75, 3.05) is 26.7 Å². The minimum Gasteiger partial charge on any atom is -0.337 e. The van der Waals surface area contributed by atoms with Crippen molar-refractivity contribution in [2.45, 2.75) is 6.04 Å². The summed E-state index contributed by atoms with van der Waals surface area (Å²) in [5.74, 6) is 1.20. The van der Waals surface area contributed by atoms with Crippen LogP contribution in [0.5, 0.6) is 0 Å². The number of nitrogens with zero attached hydrogens (tertiary/aromatic N) is 3. The van der Waals surface area contributed by atoms with Crippen molar-refractivity contribution in [2.24, 2.45) is 0 Å². The second-order valence-electron chi connectivity index (χ2n) is 4.74. The van der Waals surface area contributed by atoms with Crippen LogP contribution in [0.15, 0.2) is 28.8 Å². The maximum Gasteiger partial charge on any atom is 0.245 e. The van der Waals surface area contributed by atoms with Gasteiger partial charge in [-0.15, -0.1) is 0 Å². The molecule has 1 aliphatic heterocycles. The normalized spacial score (nSPS) is 20.6. The zero-order chi connectivity index (χ0) is 13.2. The molecule has 5 nitrogen and oxygen atoms in total. The van der Waals surface area contributed by atoms with Crippen molar-refractivity contribution in [3.05, 3.63) is 35.2 Å². The van der Waals surface area contributed by atoms with Gasteiger partial charge in [0.05, 0.1) is 0 Å². The summed E-state index contributed by atoms with van der Waals surface area (Å²) in [6.45, 7) is 2.83. The van der Waals surface area contributed by atoms with Crippen LogP contribution >= 0.6 is 11.6 Å². The molecule has 1 aromatic heterocycles. The van der Waals surface area contributed by atoms with Crippen molar-refractivity contribution < 1.29 is 4.52 Å². The summed E-state index contributed by atoms with van der Waals surface area (Å²) in [6, 6.07) is 7.54. The van der Waals surface area contributed by atoms with Crippen molar-refractivity contribution >= 4 is 11.6 Å². The molecule has 1 aliphatic rings. The van der Waals surface area contributed by atoms with E-state index in [1.807, 2.05) is 24.3 Å². The Labute approximate surface area is 116 Å². The van der Waals surface area contributed by atoms with E-state index < -0.39 is 0 Å². The first-order chi connectivity index (χ1) is 9.22. The van der Waals surface area contributed by atoms with Crippen LogP contribution in [0.3, 0.4) is 0 Å². The van der Waals surface area contributed by atoms with Crippen LogP contribution in [0.4, 0.5) is 0 Å². The average molecular weight is 279 g/mol. The maximum atomic E-state index is 5.96. The Morgan fingerprint density at radius 1 is 1.47 bits per heavy atom. The number of aromatic nitrogens is 2. The Morgan fingerprint density at radius 3 is 3.16 bits per heavy atom. The molecule has 1 fully saturated rings. The lowest BCUT2D eigenvalue weighted by Crippen LogP contribution is -2.43. The van der Waals surface area contributed by atoms with E-state index in [9.17, 15) is 0 Å². The molecule has 1 atom stereocenters. The first-order valence-electron chi connectivity index (χ1n) is 6.24. The lowest BCUT2D eigenvalue weighted by atomic mass is 10.2. The molecule has 0 aliphatic carbocycles. The Hall–Kier alpha value is -1.43. The van der Waals surface area contributed by atoms with Gasteiger partial charge in [0.1, 0.15) is 6.04 Å². The van der Waals surface area contributed by atoms with Crippen LogP contribution in [-0.2, 0) is 0 Å². The smallest absolute Gasteiger partial charge is 0.245 e. The third kappa shape index (κ3) is 2.78. The number of piperazine rings is 1. The minimum atomic E-state index is 0.0965. The van der Waals surface area contributed by atoms with Gasteiger partial charge in [-0.25, -0.2) is 0 Å². The lowest BCUT2D eigenvalue weighted by molar-refractivity contribution is 0.208. The Kier molecular flexibility index (Phi) is 3.50. The molecule has 3 rings (SSSR count). The topological polar surface area (TPSA) is 54.2 Å². The molecule has 0 spiro atoms. The van der Waals surface area contributed by atoms with Crippen molar-refractivity contribution in [1.29, 1.82) is 0 Å². The fourth-order valence-corrected chi connectivity index (χ4v) is 2.37. The van der Waals surface area contributed by atoms with Gasteiger partial charge in [0.25, 0.3) is 0 Å². The van der Waals surface area contributed by atoms with E-state index in [0.29, 0.717) is 16.7 Å². The van der Waals surface area contributed by atoms with Gasteiger partial charge in [-0.3, -0.25) is 0 Å². The van der Waals surface area contributed by atoms with Crippen molar-refractivity contribution in [1.82, 2.24) is 20.4 Å². The molecule has 2 aromatic rings. The van der Waals surface area contributed by atoms with Crippen molar-refractivity contribution in [3.63, 3.8) is 0 Å². The predicted molar refractivity (Wildman–Crippen MR) is 73.0 cm³/mol. The van der Waals surface area contributed by atoms with Crippen molar-refractivity contribution in [3.8, 4) is 11.4 Å². The zero-order valence-electron chi connectivity index (χ0n) is 10.6. The number of likely N-dealkylation sites (N-methyl/N-ethyl adjacent to an activating group) is 1. The van der Waals surface area contributed by atoms with Crippen LogP contribution in [0.25, 0.3) is 11.4 Å². The number of nitrogens with one attached hydrogen (secondary N) is 1. The van der Waals surface area contributed by atoms with Gasteiger partial charge >= 0.3 is 0 Å². The van der Waals surface area contributed by atoms with Crippen LogP contribution in [0.2, 0.25) is 5.02 Å². The fourth-order valence-electron chi connectivity index (χ4n) is 2.18. The molecule has 19 heavy (non-hydrogen) atoms. The van der Waals surface area contributed by atoms with Gasteiger partial charge in [-0.05, 0) is 19.2 Å². The first kappa shape index (κ1) is 12.6. The number of rotatable bonds is 2. The van der Waals surface area contributed by atoms with E-state index in [1.165, 1.54) is 0 Å². The monoisotopic (exact) mass is 278 g/mol. The van der Waals surface area contributed by atoms with E-state index in [0.717, 1.165) is 25.2 Å². The van der Waals surface area contributed by atoms with E-state index in [2.05, 4.69) is 27.4 Å². The zero-order valence-corrected chi connectivity index (χ0v) is 11.4. The van der Waals surface area contributed by atoms with Gasteiger partial charge < -0.3 is 14.7 Å². The summed E-state index contributed by atoms with van der Waals surface area (Å²) >= 11 is 5.96.